The molecular formula is C25H56O2Si2. The van der Waals surface area contributed by atoms with E-state index in [4.69, 9.17) is 8.85 Å². The van der Waals surface area contributed by atoms with Crippen molar-refractivity contribution < 1.29 is 8.85 Å². The first-order chi connectivity index (χ1) is 13.8. The zero-order chi connectivity index (χ0) is 22.2. The Morgan fingerprint density at radius 1 is 0.483 bits per heavy atom. The van der Waals surface area contributed by atoms with E-state index in [1.165, 1.54) is 87.6 Å². The first-order valence-corrected chi connectivity index (χ1v) is 18.1. The average molecular weight is 445 g/mol. The second kappa shape index (κ2) is 16.1. The molecule has 0 rings (SSSR count). The Bertz CT molecular complexity index is 317. The lowest BCUT2D eigenvalue weighted by Crippen LogP contribution is -2.39. The van der Waals surface area contributed by atoms with Crippen LogP contribution in [0.2, 0.25) is 36.3 Å². The Labute approximate surface area is 187 Å². The van der Waals surface area contributed by atoms with Crippen LogP contribution in [-0.4, -0.2) is 29.8 Å². The van der Waals surface area contributed by atoms with Gasteiger partial charge in [-0.1, -0.05) is 93.9 Å². The summed E-state index contributed by atoms with van der Waals surface area (Å²) in [5.74, 6) is 0. The Morgan fingerprint density at radius 3 is 0.931 bits per heavy atom. The molecule has 2 nitrogen and oxygen atoms in total. The second-order valence-electron chi connectivity index (χ2n) is 10.2. The van der Waals surface area contributed by atoms with Crippen molar-refractivity contribution in [3.8, 4) is 0 Å². The highest BCUT2D eigenvalue weighted by molar-refractivity contribution is 6.74. The Morgan fingerprint density at radius 2 is 0.724 bits per heavy atom. The maximum absolute atomic E-state index is 6.76. The van der Waals surface area contributed by atoms with Crippen molar-refractivity contribution in [3.05, 3.63) is 0 Å². The molecule has 0 aromatic rings. The molecule has 0 spiro atoms. The van der Waals surface area contributed by atoms with Gasteiger partial charge in [0.2, 0.25) is 0 Å². The Balaban J connectivity index is 4.69. The van der Waals surface area contributed by atoms with Crippen LogP contribution in [-0.2, 0) is 8.85 Å². The lowest BCUT2D eigenvalue weighted by Gasteiger charge is -2.35. The molecule has 0 saturated carbocycles. The Hall–Kier alpha value is 0.354. The van der Waals surface area contributed by atoms with Crippen LogP contribution in [0.1, 0.15) is 107 Å². The van der Waals surface area contributed by atoms with Crippen molar-refractivity contribution in [2.75, 3.05) is 13.2 Å². The van der Waals surface area contributed by atoms with Crippen LogP contribution in [0, 0.1) is 5.41 Å². The van der Waals surface area contributed by atoms with Gasteiger partial charge in [-0.05, 0) is 54.5 Å². The molecule has 0 aliphatic heterocycles. The van der Waals surface area contributed by atoms with Crippen molar-refractivity contribution >= 4 is 16.6 Å². The number of hydrogen-bond donors (Lipinski definition) is 0. The molecule has 0 saturated heterocycles. The third kappa shape index (κ3) is 12.1. The molecule has 0 N–H and O–H groups in total. The van der Waals surface area contributed by atoms with E-state index in [0.717, 1.165) is 13.2 Å². The predicted octanol–water partition coefficient (Wildman–Crippen LogP) is 9.18. The molecule has 0 aromatic heterocycles. The highest BCUT2D eigenvalue weighted by Crippen LogP contribution is 2.32. The van der Waals surface area contributed by atoms with E-state index >= 15 is 0 Å². The largest absolute Gasteiger partial charge is 0.417 e. The molecule has 29 heavy (non-hydrogen) atoms. The van der Waals surface area contributed by atoms with Gasteiger partial charge in [-0.25, -0.2) is 0 Å². The zero-order valence-electron chi connectivity index (χ0n) is 21.6. The molecule has 4 heteroatoms. The summed E-state index contributed by atoms with van der Waals surface area (Å²) in [5, 5.41) is 0. The SMILES string of the molecule is CCC[Si](CCC)(CCC)OCCC(C)(C)CCO[Si](CCC)(CCC)CCC. The molecule has 0 atom stereocenters. The summed E-state index contributed by atoms with van der Waals surface area (Å²) in [6, 6.07) is 8.07. The van der Waals surface area contributed by atoms with E-state index in [0.29, 0.717) is 5.41 Å². The fourth-order valence-corrected chi connectivity index (χ4v) is 14.0. The van der Waals surface area contributed by atoms with Gasteiger partial charge < -0.3 is 8.85 Å². The lowest BCUT2D eigenvalue weighted by atomic mass is 9.86. The van der Waals surface area contributed by atoms with Crippen molar-refractivity contribution in [1.82, 2.24) is 0 Å². The summed E-state index contributed by atoms with van der Waals surface area (Å²) in [4.78, 5) is 0. The van der Waals surface area contributed by atoms with Crippen LogP contribution in [0.15, 0.2) is 0 Å². The lowest BCUT2D eigenvalue weighted by molar-refractivity contribution is 0.170. The maximum atomic E-state index is 6.76. The third-order valence-corrected chi connectivity index (χ3v) is 16.7. The summed E-state index contributed by atoms with van der Waals surface area (Å²) in [6.07, 6.45) is 10.0. The first-order valence-electron chi connectivity index (χ1n) is 13.1. The summed E-state index contributed by atoms with van der Waals surface area (Å²) in [6.45, 7) is 20.7. The highest BCUT2D eigenvalue weighted by atomic mass is 28.4. The number of rotatable bonds is 20. The summed E-state index contributed by atoms with van der Waals surface area (Å²) < 4.78 is 13.5. The van der Waals surface area contributed by atoms with E-state index in [1.54, 1.807) is 0 Å². The Kier molecular flexibility index (Phi) is 16.2. The minimum Gasteiger partial charge on any atom is -0.417 e. The fraction of sp³-hybridized carbons (Fsp3) is 1.00. The summed E-state index contributed by atoms with van der Waals surface area (Å²) >= 11 is 0. The topological polar surface area (TPSA) is 18.5 Å². The molecule has 176 valence electrons. The van der Waals surface area contributed by atoms with Gasteiger partial charge in [0.1, 0.15) is 0 Å². The molecule has 0 heterocycles. The van der Waals surface area contributed by atoms with E-state index < -0.39 is 16.6 Å². The standard InChI is InChI=1S/C25H56O2Si2/c1-9-19-28(20-10-2,21-11-3)26-17-15-25(7,8)16-18-27-29(22-12-4,23-13-5)24-14-6/h9-24H2,1-8H3. The normalized spacial score (nSPS) is 13.2. The minimum absolute atomic E-state index is 0.315. The van der Waals surface area contributed by atoms with Crippen molar-refractivity contribution in [2.45, 2.75) is 143 Å². The van der Waals surface area contributed by atoms with Gasteiger partial charge >= 0.3 is 0 Å². The smallest absolute Gasteiger partial charge is 0.192 e. The predicted molar refractivity (Wildman–Crippen MR) is 137 cm³/mol. The maximum Gasteiger partial charge on any atom is 0.192 e. The van der Waals surface area contributed by atoms with Crippen molar-refractivity contribution in [2.24, 2.45) is 5.41 Å². The molecular weight excluding hydrogens is 388 g/mol. The van der Waals surface area contributed by atoms with E-state index in [2.05, 4.69) is 55.4 Å². The van der Waals surface area contributed by atoms with Gasteiger partial charge in [0.25, 0.3) is 0 Å². The molecule has 0 unspecified atom stereocenters. The fourth-order valence-electron chi connectivity index (χ4n) is 5.13. The molecule has 0 radical (unpaired) electrons. The van der Waals surface area contributed by atoms with Crippen molar-refractivity contribution in [3.63, 3.8) is 0 Å². The zero-order valence-corrected chi connectivity index (χ0v) is 23.6. The number of hydrogen-bond acceptors (Lipinski definition) is 2. The van der Waals surface area contributed by atoms with Gasteiger partial charge in [0.15, 0.2) is 16.6 Å². The van der Waals surface area contributed by atoms with Crippen molar-refractivity contribution in [1.29, 1.82) is 0 Å². The van der Waals surface area contributed by atoms with Gasteiger partial charge in [-0.3, -0.25) is 0 Å². The van der Waals surface area contributed by atoms with Gasteiger partial charge in [-0.15, -0.1) is 0 Å². The first kappa shape index (κ1) is 29.4. The van der Waals surface area contributed by atoms with Crippen LogP contribution in [0.3, 0.4) is 0 Å². The molecule has 0 fully saturated rings. The molecule has 0 amide bonds. The van der Waals surface area contributed by atoms with Gasteiger partial charge in [-0.2, -0.15) is 0 Å². The van der Waals surface area contributed by atoms with Crippen LogP contribution < -0.4 is 0 Å². The quantitative estimate of drug-likeness (QED) is 0.174. The van der Waals surface area contributed by atoms with Crippen LogP contribution in [0.25, 0.3) is 0 Å². The molecule has 0 aliphatic carbocycles. The second-order valence-corrected chi connectivity index (χ2v) is 18.5. The van der Waals surface area contributed by atoms with Crippen LogP contribution >= 0.6 is 0 Å². The van der Waals surface area contributed by atoms with Gasteiger partial charge in [0.05, 0.1) is 0 Å². The molecule has 0 aromatic carbocycles. The third-order valence-electron chi connectivity index (χ3n) is 6.61. The van der Waals surface area contributed by atoms with Crippen LogP contribution in [0.5, 0.6) is 0 Å². The molecule has 0 aliphatic rings. The summed E-state index contributed by atoms with van der Waals surface area (Å²) in [7, 11) is -3.03. The van der Waals surface area contributed by atoms with E-state index in [9.17, 15) is 0 Å². The van der Waals surface area contributed by atoms with E-state index in [-0.39, 0.29) is 0 Å². The average Bonchev–Trinajstić information content (AvgIpc) is 2.63. The van der Waals surface area contributed by atoms with E-state index in [1.807, 2.05) is 0 Å². The van der Waals surface area contributed by atoms with Gasteiger partial charge in [0, 0.05) is 13.2 Å². The minimum atomic E-state index is -1.51. The molecule has 0 bridgehead atoms. The van der Waals surface area contributed by atoms with Crippen LogP contribution in [0.4, 0.5) is 0 Å². The monoisotopic (exact) mass is 444 g/mol. The highest BCUT2D eigenvalue weighted by Gasteiger charge is 2.34. The summed E-state index contributed by atoms with van der Waals surface area (Å²) in [5.41, 5.74) is 0.315.